The molecule has 1 aromatic heterocycles. The fourth-order valence-electron chi connectivity index (χ4n) is 2.85. The van der Waals surface area contributed by atoms with Gasteiger partial charge in [0, 0.05) is 26.2 Å². The summed E-state index contributed by atoms with van der Waals surface area (Å²) in [6, 6.07) is 9.79. The maximum Gasteiger partial charge on any atom is 0.287 e. The van der Waals surface area contributed by atoms with Crippen molar-refractivity contribution in [1.82, 2.24) is 14.7 Å². The molecule has 122 valence electrons. The van der Waals surface area contributed by atoms with Crippen LogP contribution in [0.25, 0.3) is 0 Å². The van der Waals surface area contributed by atoms with Gasteiger partial charge in [-0.1, -0.05) is 48.9 Å². The first-order valence-electron chi connectivity index (χ1n) is 7.96. The number of rotatable bonds is 4. The highest BCUT2D eigenvalue weighted by Gasteiger charge is 2.20. The quantitative estimate of drug-likeness (QED) is 0.859. The molecule has 0 spiro atoms. The molecular weight excluding hydrogens is 312 g/mol. The minimum absolute atomic E-state index is 0.231. The second-order valence-electron chi connectivity index (χ2n) is 5.71. The fourth-order valence-corrected chi connectivity index (χ4v) is 3.12. The van der Waals surface area contributed by atoms with Gasteiger partial charge in [-0.15, -0.1) is 0 Å². The standard InChI is InChI=1S/C17H21ClN4O/c1-2-20-8-10-21(11-9-20)15-12-19-22(17(23)16(15)18)13-14-6-4-3-5-7-14/h3-7,12H,2,8-11,13H2,1H3. The first kappa shape index (κ1) is 16.0. The van der Waals surface area contributed by atoms with Crippen LogP contribution >= 0.6 is 11.6 Å². The van der Waals surface area contributed by atoms with Gasteiger partial charge in [0.1, 0.15) is 5.02 Å². The molecule has 0 amide bonds. The van der Waals surface area contributed by atoms with Crippen molar-refractivity contribution in [2.24, 2.45) is 0 Å². The van der Waals surface area contributed by atoms with E-state index >= 15 is 0 Å². The minimum atomic E-state index is -0.231. The molecule has 0 radical (unpaired) electrons. The van der Waals surface area contributed by atoms with Crippen LogP contribution in [-0.2, 0) is 6.54 Å². The van der Waals surface area contributed by atoms with Crippen LogP contribution in [0.3, 0.4) is 0 Å². The van der Waals surface area contributed by atoms with Crippen LogP contribution in [0.1, 0.15) is 12.5 Å². The molecule has 1 fully saturated rings. The van der Waals surface area contributed by atoms with Gasteiger partial charge in [-0.05, 0) is 12.1 Å². The van der Waals surface area contributed by atoms with Crippen molar-refractivity contribution < 1.29 is 0 Å². The Labute approximate surface area is 141 Å². The third-order valence-corrected chi connectivity index (χ3v) is 4.66. The van der Waals surface area contributed by atoms with E-state index in [0.29, 0.717) is 6.54 Å². The Bertz CT molecular complexity index is 708. The second kappa shape index (κ2) is 7.15. The lowest BCUT2D eigenvalue weighted by atomic mass is 10.2. The van der Waals surface area contributed by atoms with Gasteiger partial charge in [0.2, 0.25) is 0 Å². The average Bonchev–Trinajstić information content (AvgIpc) is 2.60. The molecule has 2 aromatic rings. The van der Waals surface area contributed by atoms with Crippen LogP contribution in [0.5, 0.6) is 0 Å². The van der Waals surface area contributed by atoms with Crippen LogP contribution in [0.4, 0.5) is 5.69 Å². The van der Waals surface area contributed by atoms with Crippen LogP contribution < -0.4 is 10.5 Å². The Kier molecular flexibility index (Phi) is 4.98. The maximum absolute atomic E-state index is 12.5. The van der Waals surface area contributed by atoms with Crippen molar-refractivity contribution in [2.45, 2.75) is 13.5 Å². The lowest BCUT2D eigenvalue weighted by Gasteiger charge is -2.35. The highest BCUT2D eigenvalue weighted by molar-refractivity contribution is 6.33. The summed E-state index contributed by atoms with van der Waals surface area (Å²) in [7, 11) is 0. The van der Waals surface area contributed by atoms with Crippen molar-refractivity contribution in [3.63, 3.8) is 0 Å². The summed E-state index contributed by atoms with van der Waals surface area (Å²) in [6.45, 7) is 7.37. The molecule has 0 atom stereocenters. The van der Waals surface area contributed by atoms with Crippen LogP contribution in [0.15, 0.2) is 41.3 Å². The molecule has 1 aromatic carbocycles. The van der Waals surface area contributed by atoms with E-state index in [-0.39, 0.29) is 10.6 Å². The summed E-state index contributed by atoms with van der Waals surface area (Å²) in [4.78, 5) is 17.0. The van der Waals surface area contributed by atoms with E-state index in [9.17, 15) is 4.79 Å². The number of hydrogen-bond acceptors (Lipinski definition) is 4. The zero-order valence-corrected chi connectivity index (χ0v) is 14.0. The zero-order chi connectivity index (χ0) is 16.2. The summed E-state index contributed by atoms with van der Waals surface area (Å²) in [5, 5.41) is 4.58. The van der Waals surface area contributed by atoms with Crippen molar-refractivity contribution >= 4 is 17.3 Å². The number of nitrogens with zero attached hydrogens (tertiary/aromatic N) is 4. The topological polar surface area (TPSA) is 41.4 Å². The summed E-state index contributed by atoms with van der Waals surface area (Å²) in [6.07, 6.45) is 1.72. The van der Waals surface area contributed by atoms with Gasteiger partial charge in [0.25, 0.3) is 5.56 Å². The predicted molar refractivity (Wildman–Crippen MR) is 93.4 cm³/mol. The molecule has 1 aliphatic heterocycles. The van der Waals surface area contributed by atoms with E-state index in [1.165, 1.54) is 4.68 Å². The Hall–Kier alpha value is -1.85. The van der Waals surface area contributed by atoms with E-state index in [2.05, 4.69) is 21.8 Å². The molecule has 2 heterocycles. The predicted octanol–water partition coefficient (Wildman–Crippen LogP) is 2.09. The normalized spacial score (nSPS) is 15.8. The molecule has 0 unspecified atom stereocenters. The summed E-state index contributed by atoms with van der Waals surface area (Å²) < 4.78 is 1.42. The van der Waals surface area contributed by atoms with E-state index < -0.39 is 0 Å². The minimum Gasteiger partial charge on any atom is -0.366 e. The van der Waals surface area contributed by atoms with Crippen molar-refractivity contribution in [3.8, 4) is 0 Å². The number of anilines is 1. The second-order valence-corrected chi connectivity index (χ2v) is 6.09. The summed E-state index contributed by atoms with van der Waals surface area (Å²) in [5.74, 6) is 0. The Balaban J connectivity index is 1.80. The number of likely N-dealkylation sites (N-methyl/N-ethyl adjacent to an activating group) is 1. The van der Waals surface area contributed by atoms with Crippen LogP contribution in [0.2, 0.25) is 5.02 Å². The van der Waals surface area contributed by atoms with E-state index in [0.717, 1.165) is 44.0 Å². The van der Waals surface area contributed by atoms with Crippen LogP contribution in [0, 0.1) is 0 Å². The molecule has 6 heteroatoms. The molecule has 1 saturated heterocycles. The Morgan fingerprint density at radius 2 is 1.83 bits per heavy atom. The lowest BCUT2D eigenvalue weighted by Crippen LogP contribution is -2.46. The van der Waals surface area contributed by atoms with E-state index in [4.69, 9.17) is 11.6 Å². The first-order chi connectivity index (χ1) is 11.2. The first-order valence-corrected chi connectivity index (χ1v) is 8.33. The van der Waals surface area contributed by atoms with Gasteiger partial charge < -0.3 is 9.80 Å². The highest BCUT2D eigenvalue weighted by Crippen LogP contribution is 2.22. The van der Waals surface area contributed by atoms with Gasteiger partial charge >= 0.3 is 0 Å². The average molecular weight is 333 g/mol. The number of halogens is 1. The van der Waals surface area contributed by atoms with E-state index in [1.54, 1.807) is 6.20 Å². The fraction of sp³-hybridized carbons (Fsp3) is 0.412. The molecular formula is C17H21ClN4O. The molecule has 0 N–H and O–H groups in total. The zero-order valence-electron chi connectivity index (χ0n) is 13.3. The number of piperazine rings is 1. The lowest BCUT2D eigenvalue weighted by molar-refractivity contribution is 0.271. The van der Waals surface area contributed by atoms with Gasteiger partial charge in [-0.25, -0.2) is 4.68 Å². The van der Waals surface area contributed by atoms with Gasteiger partial charge in [-0.3, -0.25) is 4.79 Å². The molecule has 0 saturated carbocycles. The third-order valence-electron chi connectivity index (χ3n) is 4.30. The largest absolute Gasteiger partial charge is 0.366 e. The Morgan fingerprint density at radius 1 is 1.13 bits per heavy atom. The molecule has 1 aliphatic rings. The number of benzene rings is 1. The molecule has 0 bridgehead atoms. The maximum atomic E-state index is 12.5. The van der Waals surface area contributed by atoms with Gasteiger partial charge in [0.15, 0.2) is 0 Å². The van der Waals surface area contributed by atoms with Gasteiger partial charge in [-0.2, -0.15) is 5.10 Å². The number of hydrogen-bond donors (Lipinski definition) is 0. The summed E-state index contributed by atoms with van der Waals surface area (Å²) in [5.41, 5.74) is 1.55. The van der Waals surface area contributed by atoms with Crippen molar-refractivity contribution in [3.05, 3.63) is 57.5 Å². The van der Waals surface area contributed by atoms with Gasteiger partial charge in [0.05, 0.1) is 18.4 Å². The number of aromatic nitrogens is 2. The van der Waals surface area contributed by atoms with Crippen molar-refractivity contribution in [1.29, 1.82) is 0 Å². The monoisotopic (exact) mass is 332 g/mol. The molecule has 3 rings (SSSR count). The molecule has 0 aliphatic carbocycles. The third kappa shape index (κ3) is 3.57. The Morgan fingerprint density at radius 3 is 2.48 bits per heavy atom. The van der Waals surface area contributed by atoms with E-state index in [1.807, 2.05) is 30.3 Å². The highest BCUT2D eigenvalue weighted by atomic mass is 35.5. The smallest absolute Gasteiger partial charge is 0.287 e. The van der Waals surface area contributed by atoms with Crippen LogP contribution in [-0.4, -0.2) is 47.4 Å². The summed E-state index contributed by atoms with van der Waals surface area (Å²) >= 11 is 6.34. The van der Waals surface area contributed by atoms with Crippen molar-refractivity contribution in [2.75, 3.05) is 37.6 Å². The molecule has 23 heavy (non-hydrogen) atoms. The molecule has 5 nitrogen and oxygen atoms in total. The SMILES string of the molecule is CCN1CCN(c2cnn(Cc3ccccc3)c(=O)c2Cl)CC1.